The minimum atomic E-state index is 0.00759. The van der Waals surface area contributed by atoms with E-state index in [1.54, 1.807) is 0 Å². The van der Waals surface area contributed by atoms with Crippen LogP contribution < -0.4 is 10.2 Å². The predicted molar refractivity (Wildman–Crippen MR) is 142 cm³/mol. The maximum Gasteiger partial charge on any atom is 0.253 e. The summed E-state index contributed by atoms with van der Waals surface area (Å²) >= 11 is 12.6. The molecule has 1 fully saturated rings. The molecule has 34 heavy (non-hydrogen) atoms. The molecule has 180 valence electrons. The van der Waals surface area contributed by atoms with Gasteiger partial charge in [0, 0.05) is 45.5 Å². The van der Waals surface area contributed by atoms with Crippen molar-refractivity contribution in [2.24, 2.45) is 7.05 Å². The summed E-state index contributed by atoms with van der Waals surface area (Å²) in [5.74, 6) is 0.00759. The van der Waals surface area contributed by atoms with Crippen LogP contribution in [0.25, 0.3) is 11.3 Å². The number of nitrogens with zero attached hydrogens (tertiary/aromatic N) is 3. The van der Waals surface area contributed by atoms with Crippen molar-refractivity contribution in [3.8, 4) is 11.3 Å². The van der Waals surface area contributed by atoms with Gasteiger partial charge in [-0.3, -0.25) is 9.69 Å². The first-order chi connectivity index (χ1) is 16.4. The Hall–Kier alpha value is -2.47. The highest BCUT2D eigenvalue weighted by Crippen LogP contribution is 2.33. The average Bonchev–Trinajstić information content (AvgIpc) is 3.07. The molecule has 7 heteroatoms. The molecule has 0 spiro atoms. The van der Waals surface area contributed by atoms with Gasteiger partial charge < -0.3 is 14.8 Å². The number of carbonyl (C=O) groups excluding carboxylic acids is 1. The van der Waals surface area contributed by atoms with Crippen LogP contribution in [0, 0.1) is 13.8 Å². The van der Waals surface area contributed by atoms with Gasteiger partial charge in [-0.2, -0.15) is 0 Å². The molecule has 1 aliphatic heterocycles. The van der Waals surface area contributed by atoms with Crippen LogP contribution in [0.5, 0.6) is 0 Å². The Labute approximate surface area is 212 Å². The highest BCUT2D eigenvalue weighted by Gasteiger charge is 2.22. The number of nitrogens with one attached hydrogen (secondary N) is 1. The number of anilines is 1. The Balaban J connectivity index is 1.27. The van der Waals surface area contributed by atoms with Crippen LogP contribution in [0.2, 0.25) is 10.0 Å². The van der Waals surface area contributed by atoms with Crippen LogP contribution in [-0.4, -0.2) is 54.6 Å². The highest BCUT2D eigenvalue weighted by molar-refractivity contribution is 6.43. The average molecular weight is 499 g/mol. The van der Waals surface area contributed by atoms with Gasteiger partial charge in [-0.25, -0.2) is 0 Å². The van der Waals surface area contributed by atoms with Gasteiger partial charge in [0.1, 0.15) is 0 Å². The van der Waals surface area contributed by atoms with Crippen molar-refractivity contribution in [2.45, 2.75) is 20.3 Å². The number of benzene rings is 2. The van der Waals surface area contributed by atoms with E-state index in [1.165, 1.54) is 0 Å². The van der Waals surface area contributed by atoms with Gasteiger partial charge in [0.15, 0.2) is 0 Å². The quantitative estimate of drug-likeness (QED) is 0.433. The third-order valence-electron chi connectivity index (χ3n) is 6.79. The molecule has 0 aliphatic carbocycles. The smallest absolute Gasteiger partial charge is 0.253 e. The van der Waals surface area contributed by atoms with E-state index in [0.29, 0.717) is 16.6 Å². The SMILES string of the molecule is Cc1c(C(=O)NCCCN2CCN(c3cccc(Cl)c3Cl)CC2)c(C)n(C)c1-c1ccccc1. The molecule has 4 rings (SSSR count). The number of amides is 1. The van der Waals surface area contributed by atoms with E-state index >= 15 is 0 Å². The number of halogens is 2. The largest absolute Gasteiger partial charge is 0.368 e. The van der Waals surface area contributed by atoms with Gasteiger partial charge >= 0.3 is 0 Å². The molecule has 1 N–H and O–H groups in total. The summed E-state index contributed by atoms with van der Waals surface area (Å²) in [5, 5.41) is 4.36. The summed E-state index contributed by atoms with van der Waals surface area (Å²) < 4.78 is 2.12. The maximum atomic E-state index is 13.0. The predicted octanol–water partition coefficient (Wildman–Crippen LogP) is 5.56. The maximum absolute atomic E-state index is 13.0. The van der Waals surface area contributed by atoms with E-state index in [1.807, 2.05) is 57.3 Å². The molecule has 0 atom stereocenters. The van der Waals surface area contributed by atoms with Crippen LogP contribution >= 0.6 is 23.2 Å². The number of rotatable bonds is 7. The van der Waals surface area contributed by atoms with Crippen molar-refractivity contribution < 1.29 is 4.79 Å². The second-order valence-electron chi connectivity index (χ2n) is 8.87. The van der Waals surface area contributed by atoms with Gasteiger partial charge in [0.25, 0.3) is 5.91 Å². The zero-order valence-electron chi connectivity index (χ0n) is 20.1. The van der Waals surface area contributed by atoms with Gasteiger partial charge in [-0.15, -0.1) is 0 Å². The van der Waals surface area contributed by atoms with Crippen LogP contribution in [0.15, 0.2) is 48.5 Å². The molecule has 1 amide bonds. The molecule has 3 aromatic rings. The number of aromatic nitrogens is 1. The summed E-state index contributed by atoms with van der Waals surface area (Å²) in [6, 6.07) is 16.0. The molecular weight excluding hydrogens is 467 g/mol. The molecule has 0 radical (unpaired) electrons. The molecule has 1 aromatic heterocycles. The summed E-state index contributed by atoms with van der Waals surface area (Å²) in [6.45, 7) is 9.43. The first-order valence-electron chi connectivity index (χ1n) is 11.8. The summed E-state index contributed by atoms with van der Waals surface area (Å²) in [4.78, 5) is 17.8. The molecule has 2 aromatic carbocycles. The van der Waals surface area contributed by atoms with Crippen molar-refractivity contribution in [1.29, 1.82) is 0 Å². The lowest BCUT2D eigenvalue weighted by Gasteiger charge is -2.36. The van der Waals surface area contributed by atoms with Crippen LogP contribution in [0.3, 0.4) is 0 Å². The zero-order chi connectivity index (χ0) is 24.2. The van der Waals surface area contributed by atoms with Gasteiger partial charge in [0.2, 0.25) is 0 Å². The number of carbonyl (C=O) groups is 1. The van der Waals surface area contributed by atoms with E-state index in [9.17, 15) is 4.79 Å². The van der Waals surface area contributed by atoms with E-state index in [-0.39, 0.29) is 5.91 Å². The zero-order valence-corrected chi connectivity index (χ0v) is 21.6. The van der Waals surface area contributed by atoms with Crippen LogP contribution in [0.1, 0.15) is 28.0 Å². The van der Waals surface area contributed by atoms with Crippen LogP contribution in [-0.2, 0) is 7.05 Å². The lowest BCUT2D eigenvalue weighted by molar-refractivity contribution is 0.0950. The number of hydrogen-bond donors (Lipinski definition) is 1. The summed E-state index contributed by atoms with van der Waals surface area (Å²) in [7, 11) is 2.03. The fourth-order valence-corrected chi connectivity index (χ4v) is 5.27. The first kappa shape index (κ1) is 24.6. The van der Waals surface area contributed by atoms with Crippen molar-refractivity contribution in [1.82, 2.24) is 14.8 Å². The standard InChI is InChI=1S/C27H32Cl2N4O/c1-19-24(20(2)31(3)26(19)21-9-5-4-6-10-21)27(34)30-13-8-14-32-15-17-33(18-16-32)23-12-7-11-22(28)25(23)29/h4-7,9-12H,8,13-18H2,1-3H3,(H,30,34). The molecule has 2 heterocycles. The Kier molecular flexibility index (Phi) is 7.87. The summed E-state index contributed by atoms with van der Waals surface area (Å²) in [5.41, 5.74) is 6.03. The molecule has 0 saturated carbocycles. The minimum absolute atomic E-state index is 0.00759. The van der Waals surface area contributed by atoms with E-state index in [0.717, 1.165) is 72.9 Å². The van der Waals surface area contributed by atoms with Crippen LogP contribution in [0.4, 0.5) is 5.69 Å². The number of piperazine rings is 1. The van der Waals surface area contributed by atoms with Crippen molar-refractivity contribution >= 4 is 34.8 Å². The normalized spacial score (nSPS) is 14.4. The Morgan fingerprint density at radius 3 is 2.38 bits per heavy atom. The summed E-state index contributed by atoms with van der Waals surface area (Å²) in [6.07, 6.45) is 0.917. The van der Waals surface area contributed by atoms with Crippen molar-refractivity contribution in [2.75, 3.05) is 44.2 Å². The van der Waals surface area contributed by atoms with Gasteiger partial charge in [-0.05, 0) is 50.1 Å². The molecule has 5 nitrogen and oxygen atoms in total. The second kappa shape index (κ2) is 10.9. The van der Waals surface area contributed by atoms with Gasteiger partial charge in [0.05, 0.1) is 27.0 Å². The fourth-order valence-electron chi connectivity index (χ4n) is 4.86. The van der Waals surface area contributed by atoms with E-state index < -0.39 is 0 Å². The van der Waals surface area contributed by atoms with E-state index in [2.05, 4.69) is 31.8 Å². The molecule has 0 bridgehead atoms. The molecule has 1 saturated heterocycles. The van der Waals surface area contributed by atoms with E-state index in [4.69, 9.17) is 23.2 Å². The molecular formula is C27H32Cl2N4O. The monoisotopic (exact) mass is 498 g/mol. The minimum Gasteiger partial charge on any atom is -0.368 e. The first-order valence-corrected chi connectivity index (χ1v) is 12.5. The lowest BCUT2D eigenvalue weighted by atomic mass is 10.0. The topological polar surface area (TPSA) is 40.5 Å². The Morgan fingerprint density at radius 1 is 0.971 bits per heavy atom. The lowest BCUT2D eigenvalue weighted by Crippen LogP contribution is -2.47. The fraction of sp³-hybridized carbons (Fsp3) is 0.370. The second-order valence-corrected chi connectivity index (χ2v) is 9.66. The van der Waals surface area contributed by atoms with Crippen molar-refractivity contribution in [3.05, 3.63) is 75.4 Å². The third kappa shape index (κ3) is 5.12. The third-order valence-corrected chi connectivity index (χ3v) is 7.59. The van der Waals surface area contributed by atoms with Gasteiger partial charge in [-0.1, -0.05) is 59.6 Å². The molecule has 0 unspecified atom stereocenters. The molecule has 1 aliphatic rings. The Bertz CT molecular complexity index is 1150. The Morgan fingerprint density at radius 2 is 1.68 bits per heavy atom. The highest BCUT2D eigenvalue weighted by atomic mass is 35.5. The number of hydrogen-bond acceptors (Lipinski definition) is 3. The van der Waals surface area contributed by atoms with Crippen molar-refractivity contribution in [3.63, 3.8) is 0 Å².